The van der Waals surface area contributed by atoms with Crippen molar-refractivity contribution >= 4 is 0 Å². The van der Waals surface area contributed by atoms with Crippen LogP contribution in [0.25, 0.3) is 0 Å². The molecule has 0 spiro atoms. The zero-order chi connectivity index (χ0) is 9.97. The van der Waals surface area contributed by atoms with Crippen molar-refractivity contribution in [2.45, 2.75) is 19.1 Å². The summed E-state index contributed by atoms with van der Waals surface area (Å²) in [6, 6.07) is 8.40. The standard InChI is InChI=1S/C11H15NO2/c1-8-11(14-7-12-8)9-3-5-10(13-2)6-4-9/h3-6,8,11-12H,7H2,1-2H3. The van der Waals surface area contributed by atoms with Crippen molar-refractivity contribution in [2.75, 3.05) is 13.8 Å². The van der Waals surface area contributed by atoms with Crippen molar-refractivity contribution in [1.82, 2.24) is 5.32 Å². The summed E-state index contributed by atoms with van der Waals surface area (Å²) in [5.41, 5.74) is 1.20. The molecule has 0 aromatic heterocycles. The topological polar surface area (TPSA) is 30.5 Å². The first-order valence-corrected chi connectivity index (χ1v) is 4.80. The van der Waals surface area contributed by atoms with E-state index >= 15 is 0 Å². The van der Waals surface area contributed by atoms with E-state index in [2.05, 4.69) is 12.2 Å². The lowest BCUT2D eigenvalue weighted by atomic mass is 10.0. The summed E-state index contributed by atoms with van der Waals surface area (Å²) < 4.78 is 10.7. The van der Waals surface area contributed by atoms with Gasteiger partial charge in [0.25, 0.3) is 0 Å². The number of nitrogens with one attached hydrogen (secondary N) is 1. The lowest BCUT2D eigenvalue weighted by Gasteiger charge is -2.14. The largest absolute Gasteiger partial charge is 0.497 e. The Balaban J connectivity index is 2.16. The monoisotopic (exact) mass is 193 g/mol. The Labute approximate surface area is 84.0 Å². The fourth-order valence-electron chi connectivity index (χ4n) is 1.70. The van der Waals surface area contributed by atoms with Crippen LogP contribution in [-0.4, -0.2) is 19.9 Å². The first-order valence-electron chi connectivity index (χ1n) is 4.80. The quantitative estimate of drug-likeness (QED) is 0.775. The van der Waals surface area contributed by atoms with E-state index in [0.717, 1.165) is 5.75 Å². The zero-order valence-corrected chi connectivity index (χ0v) is 8.49. The van der Waals surface area contributed by atoms with Gasteiger partial charge in [-0.1, -0.05) is 12.1 Å². The number of hydrogen-bond donors (Lipinski definition) is 1. The van der Waals surface area contributed by atoms with Crippen LogP contribution in [0.3, 0.4) is 0 Å². The van der Waals surface area contributed by atoms with Gasteiger partial charge in [-0.25, -0.2) is 0 Å². The molecule has 0 amide bonds. The van der Waals surface area contributed by atoms with Gasteiger partial charge in [-0.15, -0.1) is 0 Å². The smallest absolute Gasteiger partial charge is 0.118 e. The fourth-order valence-corrected chi connectivity index (χ4v) is 1.70. The molecule has 0 aliphatic carbocycles. The predicted molar refractivity (Wildman–Crippen MR) is 54.3 cm³/mol. The van der Waals surface area contributed by atoms with Gasteiger partial charge in [-0.3, -0.25) is 5.32 Å². The molecule has 2 unspecified atom stereocenters. The highest BCUT2D eigenvalue weighted by Crippen LogP contribution is 2.26. The third kappa shape index (κ3) is 1.74. The lowest BCUT2D eigenvalue weighted by molar-refractivity contribution is 0.105. The molecule has 76 valence electrons. The Hall–Kier alpha value is -1.06. The maximum atomic E-state index is 5.57. The number of methoxy groups -OCH3 is 1. The van der Waals surface area contributed by atoms with E-state index in [1.807, 2.05) is 24.3 Å². The van der Waals surface area contributed by atoms with Gasteiger partial charge in [0.2, 0.25) is 0 Å². The molecule has 3 nitrogen and oxygen atoms in total. The van der Waals surface area contributed by atoms with Crippen LogP contribution in [0.15, 0.2) is 24.3 Å². The molecular weight excluding hydrogens is 178 g/mol. The molecule has 0 radical (unpaired) electrons. The molecule has 1 aliphatic heterocycles. The summed E-state index contributed by atoms with van der Waals surface area (Å²) in [6.07, 6.45) is 0.168. The van der Waals surface area contributed by atoms with E-state index in [9.17, 15) is 0 Å². The normalized spacial score (nSPS) is 26.4. The molecule has 3 heteroatoms. The van der Waals surface area contributed by atoms with Crippen LogP contribution in [0.4, 0.5) is 0 Å². The van der Waals surface area contributed by atoms with Crippen molar-refractivity contribution < 1.29 is 9.47 Å². The van der Waals surface area contributed by atoms with E-state index in [1.165, 1.54) is 5.56 Å². The van der Waals surface area contributed by atoms with E-state index in [1.54, 1.807) is 7.11 Å². The average molecular weight is 193 g/mol. The van der Waals surface area contributed by atoms with Crippen LogP contribution in [0.1, 0.15) is 18.6 Å². The first kappa shape index (κ1) is 9.49. The molecule has 1 N–H and O–H groups in total. The molecule has 1 fully saturated rings. The Morgan fingerprint density at radius 2 is 2.07 bits per heavy atom. The molecule has 1 aromatic rings. The van der Waals surface area contributed by atoms with Crippen LogP contribution in [0.2, 0.25) is 0 Å². The van der Waals surface area contributed by atoms with Gasteiger partial charge in [-0.05, 0) is 24.6 Å². The van der Waals surface area contributed by atoms with Crippen LogP contribution in [0.5, 0.6) is 5.75 Å². The predicted octanol–water partition coefficient (Wildman–Crippen LogP) is 1.70. The minimum absolute atomic E-state index is 0.168. The third-order valence-electron chi connectivity index (χ3n) is 2.57. The van der Waals surface area contributed by atoms with Crippen molar-refractivity contribution in [3.05, 3.63) is 29.8 Å². The van der Waals surface area contributed by atoms with E-state index in [0.29, 0.717) is 12.8 Å². The lowest BCUT2D eigenvalue weighted by Crippen LogP contribution is -2.21. The number of hydrogen-bond acceptors (Lipinski definition) is 3. The van der Waals surface area contributed by atoms with Crippen LogP contribution in [0, 0.1) is 0 Å². The van der Waals surface area contributed by atoms with E-state index in [4.69, 9.17) is 9.47 Å². The second-order valence-electron chi connectivity index (χ2n) is 3.50. The molecule has 1 aromatic carbocycles. The van der Waals surface area contributed by atoms with Gasteiger partial charge in [0, 0.05) is 6.04 Å². The molecular formula is C11H15NO2. The minimum Gasteiger partial charge on any atom is -0.497 e. The number of ether oxygens (including phenoxy) is 2. The van der Waals surface area contributed by atoms with Gasteiger partial charge in [0.05, 0.1) is 19.9 Å². The van der Waals surface area contributed by atoms with Crippen molar-refractivity contribution in [3.8, 4) is 5.75 Å². The molecule has 2 atom stereocenters. The molecule has 14 heavy (non-hydrogen) atoms. The summed E-state index contributed by atoms with van der Waals surface area (Å²) >= 11 is 0. The Morgan fingerprint density at radius 3 is 2.57 bits per heavy atom. The summed E-state index contributed by atoms with van der Waals surface area (Å²) in [6.45, 7) is 2.76. The van der Waals surface area contributed by atoms with Gasteiger partial charge in [0.1, 0.15) is 5.75 Å². The zero-order valence-electron chi connectivity index (χ0n) is 8.49. The molecule has 1 aliphatic rings. The highest BCUT2D eigenvalue weighted by molar-refractivity contribution is 5.29. The first-order chi connectivity index (χ1) is 6.81. The maximum Gasteiger partial charge on any atom is 0.118 e. The maximum absolute atomic E-state index is 5.57. The highest BCUT2D eigenvalue weighted by Gasteiger charge is 2.24. The van der Waals surface area contributed by atoms with Crippen molar-refractivity contribution in [3.63, 3.8) is 0 Å². The molecule has 2 rings (SSSR count). The van der Waals surface area contributed by atoms with Crippen molar-refractivity contribution in [2.24, 2.45) is 0 Å². The van der Waals surface area contributed by atoms with Crippen LogP contribution >= 0.6 is 0 Å². The Kier molecular flexibility index (Phi) is 2.70. The van der Waals surface area contributed by atoms with Crippen LogP contribution < -0.4 is 10.1 Å². The van der Waals surface area contributed by atoms with Gasteiger partial charge in [0.15, 0.2) is 0 Å². The fraction of sp³-hybridized carbons (Fsp3) is 0.455. The summed E-state index contributed by atoms with van der Waals surface area (Å²) in [4.78, 5) is 0. The second kappa shape index (κ2) is 3.98. The van der Waals surface area contributed by atoms with E-state index in [-0.39, 0.29) is 6.10 Å². The Bertz CT molecular complexity index is 297. The van der Waals surface area contributed by atoms with Gasteiger partial charge < -0.3 is 9.47 Å². The highest BCUT2D eigenvalue weighted by atomic mass is 16.5. The SMILES string of the molecule is COc1ccc(C2OCNC2C)cc1. The molecule has 0 bridgehead atoms. The summed E-state index contributed by atoms with van der Waals surface area (Å²) in [5, 5.41) is 3.24. The summed E-state index contributed by atoms with van der Waals surface area (Å²) in [5.74, 6) is 0.882. The third-order valence-corrected chi connectivity index (χ3v) is 2.57. The van der Waals surface area contributed by atoms with Gasteiger partial charge in [-0.2, -0.15) is 0 Å². The molecule has 1 saturated heterocycles. The van der Waals surface area contributed by atoms with Gasteiger partial charge >= 0.3 is 0 Å². The van der Waals surface area contributed by atoms with E-state index < -0.39 is 0 Å². The van der Waals surface area contributed by atoms with Crippen molar-refractivity contribution in [1.29, 1.82) is 0 Å². The average Bonchev–Trinajstić information content (AvgIpc) is 2.65. The number of rotatable bonds is 2. The Morgan fingerprint density at radius 1 is 1.36 bits per heavy atom. The van der Waals surface area contributed by atoms with Crippen LogP contribution in [-0.2, 0) is 4.74 Å². The molecule has 0 saturated carbocycles. The summed E-state index contributed by atoms with van der Waals surface area (Å²) in [7, 11) is 1.67. The second-order valence-corrected chi connectivity index (χ2v) is 3.50. The number of benzene rings is 1. The minimum atomic E-state index is 0.168. The molecule has 1 heterocycles.